The van der Waals surface area contributed by atoms with Crippen LogP contribution in [0.25, 0.3) is 5.76 Å². The van der Waals surface area contributed by atoms with Gasteiger partial charge >= 0.3 is 6.18 Å². The molecule has 0 aliphatic rings. The van der Waals surface area contributed by atoms with Gasteiger partial charge < -0.3 is 14.3 Å². The van der Waals surface area contributed by atoms with Crippen LogP contribution in [0.4, 0.5) is 13.2 Å². The SMILES string of the molecule is O=C(C=C(O)c1coc(Oc2ccc(C(F)(F)F)cc2)c1)c1ncn[nH]1. The lowest BCUT2D eigenvalue weighted by Gasteiger charge is -2.07. The van der Waals surface area contributed by atoms with Crippen molar-refractivity contribution in [3.05, 3.63) is 65.9 Å². The highest BCUT2D eigenvalue weighted by molar-refractivity contribution is 6.05. The number of furan rings is 1. The summed E-state index contributed by atoms with van der Waals surface area (Å²) in [6.07, 6.45) is -1.26. The average molecular weight is 365 g/mol. The van der Waals surface area contributed by atoms with E-state index in [1.807, 2.05) is 0 Å². The van der Waals surface area contributed by atoms with Crippen LogP contribution in [0.5, 0.6) is 11.7 Å². The first kappa shape index (κ1) is 17.3. The van der Waals surface area contributed by atoms with Gasteiger partial charge in [-0.2, -0.15) is 18.3 Å². The quantitative estimate of drug-likeness (QED) is 0.403. The number of alkyl halides is 3. The first-order valence-electron chi connectivity index (χ1n) is 7.07. The van der Waals surface area contributed by atoms with Crippen molar-refractivity contribution in [3.63, 3.8) is 0 Å². The van der Waals surface area contributed by atoms with Crippen molar-refractivity contribution in [1.29, 1.82) is 0 Å². The third kappa shape index (κ3) is 3.91. The fourth-order valence-electron chi connectivity index (χ4n) is 1.93. The van der Waals surface area contributed by atoms with Gasteiger partial charge in [-0.3, -0.25) is 9.89 Å². The zero-order valence-electron chi connectivity index (χ0n) is 12.8. The Kier molecular flexibility index (Phi) is 4.48. The Hall–Kier alpha value is -3.56. The number of allylic oxidation sites excluding steroid dienone is 1. The number of benzene rings is 1. The number of nitrogens with one attached hydrogen (secondary N) is 1. The molecule has 3 aromatic rings. The van der Waals surface area contributed by atoms with Gasteiger partial charge in [0.2, 0.25) is 5.78 Å². The highest BCUT2D eigenvalue weighted by Gasteiger charge is 2.30. The number of aromatic nitrogens is 3. The van der Waals surface area contributed by atoms with Crippen molar-refractivity contribution in [1.82, 2.24) is 15.2 Å². The van der Waals surface area contributed by atoms with Crippen LogP contribution >= 0.6 is 0 Å². The van der Waals surface area contributed by atoms with E-state index < -0.39 is 23.3 Å². The van der Waals surface area contributed by atoms with E-state index >= 15 is 0 Å². The predicted octanol–water partition coefficient (Wildman–Crippen LogP) is 3.99. The van der Waals surface area contributed by atoms with E-state index in [0.29, 0.717) is 0 Å². The monoisotopic (exact) mass is 365 g/mol. The Morgan fingerprint density at radius 2 is 2.00 bits per heavy atom. The maximum atomic E-state index is 12.5. The number of halogens is 3. The van der Waals surface area contributed by atoms with Gasteiger partial charge in [-0.25, -0.2) is 4.98 Å². The Bertz CT molecular complexity index is 929. The molecule has 0 bridgehead atoms. The minimum absolute atomic E-state index is 0.0544. The second kappa shape index (κ2) is 6.75. The Balaban J connectivity index is 1.70. The number of hydrogen-bond acceptors (Lipinski definition) is 6. The van der Waals surface area contributed by atoms with Gasteiger partial charge in [0.1, 0.15) is 24.1 Å². The summed E-state index contributed by atoms with van der Waals surface area (Å²) in [7, 11) is 0. The van der Waals surface area contributed by atoms with E-state index in [1.165, 1.54) is 6.07 Å². The minimum atomic E-state index is -4.44. The number of rotatable bonds is 5. The second-order valence-corrected chi connectivity index (χ2v) is 5.01. The van der Waals surface area contributed by atoms with Crippen molar-refractivity contribution in [2.24, 2.45) is 0 Å². The number of aromatic amines is 1. The number of aliphatic hydroxyl groups is 1. The van der Waals surface area contributed by atoms with E-state index in [2.05, 4.69) is 15.2 Å². The number of carbonyl (C=O) groups is 1. The number of hydrogen-bond donors (Lipinski definition) is 2. The summed E-state index contributed by atoms with van der Waals surface area (Å²) >= 11 is 0. The summed E-state index contributed by atoms with van der Waals surface area (Å²) in [4.78, 5) is 15.4. The molecule has 2 N–H and O–H groups in total. The third-order valence-electron chi connectivity index (χ3n) is 3.19. The van der Waals surface area contributed by atoms with Gasteiger partial charge in [-0.15, -0.1) is 0 Å². The normalized spacial score (nSPS) is 12.2. The van der Waals surface area contributed by atoms with E-state index in [1.54, 1.807) is 0 Å². The largest absolute Gasteiger partial charge is 0.507 e. The molecule has 0 aliphatic heterocycles. The summed E-state index contributed by atoms with van der Waals surface area (Å²) in [5.41, 5.74) is -0.670. The van der Waals surface area contributed by atoms with E-state index in [4.69, 9.17) is 9.15 Å². The molecule has 26 heavy (non-hydrogen) atoms. The van der Waals surface area contributed by atoms with Crippen molar-refractivity contribution in [3.8, 4) is 11.7 Å². The van der Waals surface area contributed by atoms with Crippen molar-refractivity contribution in [2.45, 2.75) is 6.18 Å². The average Bonchev–Trinajstić information content (AvgIpc) is 3.26. The molecule has 0 aliphatic carbocycles. The number of aliphatic hydroxyl groups excluding tert-OH is 1. The van der Waals surface area contributed by atoms with Gasteiger partial charge in [-0.1, -0.05) is 0 Å². The van der Waals surface area contributed by atoms with Crippen LogP contribution in [0.1, 0.15) is 21.7 Å². The third-order valence-corrected chi connectivity index (χ3v) is 3.19. The molecule has 0 atom stereocenters. The lowest BCUT2D eigenvalue weighted by Crippen LogP contribution is -2.03. The van der Waals surface area contributed by atoms with Crippen LogP contribution in [0.15, 0.2) is 53.4 Å². The fourth-order valence-corrected chi connectivity index (χ4v) is 1.93. The number of nitrogens with zero attached hydrogens (tertiary/aromatic N) is 2. The molecule has 0 saturated heterocycles. The molecular weight excluding hydrogens is 355 g/mol. The number of ketones is 1. The molecule has 0 spiro atoms. The standard InChI is InChI=1S/C16H10F3N3O4/c17-16(18,19)10-1-3-11(4-2-10)26-14-5-9(7-25-14)12(23)6-13(24)15-20-8-21-22-15/h1-8,23H,(H,20,21,22). The highest BCUT2D eigenvalue weighted by atomic mass is 19.4. The molecule has 0 fully saturated rings. The molecule has 2 heterocycles. The maximum absolute atomic E-state index is 12.5. The summed E-state index contributed by atoms with van der Waals surface area (Å²) in [6.45, 7) is 0. The first-order valence-corrected chi connectivity index (χ1v) is 7.07. The molecule has 0 amide bonds. The molecule has 134 valence electrons. The van der Waals surface area contributed by atoms with Gasteiger partial charge in [-0.05, 0) is 24.3 Å². The number of carbonyl (C=O) groups excluding carboxylic acids is 1. The van der Waals surface area contributed by atoms with Crippen molar-refractivity contribution < 1.29 is 32.2 Å². The highest BCUT2D eigenvalue weighted by Crippen LogP contribution is 2.32. The lowest BCUT2D eigenvalue weighted by atomic mass is 10.2. The lowest BCUT2D eigenvalue weighted by molar-refractivity contribution is -0.137. The molecule has 0 saturated carbocycles. The first-order chi connectivity index (χ1) is 12.3. The van der Waals surface area contributed by atoms with Crippen LogP contribution in [0.3, 0.4) is 0 Å². The molecule has 3 rings (SSSR count). The summed E-state index contributed by atoms with van der Waals surface area (Å²) in [6, 6.07) is 5.28. The van der Waals surface area contributed by atoms with Gasteiger partial charge in [0, 0.05) is 12.1 Å². The van der Waals surface area contributed by atoms with Crippen LogP contribution in [-0.4, -0.2) is 26.1 Å². The Morgan fingerprint density at radius 1 is 1.27 bits per heavy atom. The molecule has 7 nitrogen and oxygen atoms in total. The minimum Gasteiger partial charge on any atom is -0.507 e. The second-order valence-electron chi connectivity index (χ2n) is 5.01. The Labute approximate surface area is 143 Å². The van der Waals surface area contributed by atoms with Gasteiger partial charge in [0.25, 0.3) is 5.95 Å². The molecule has 0 radical (unpaired) electrons. The zero-order valence-corrected chi connectivity index (χ0v) is 12.8. The fraction of sp³-hybridized carbons (Fsp3) is 0.0625. The Morgan fingerprint density at radius 3 is 2.62 bits per heavy atom. The van der Waals surface area contributed by atoms with Crippen LogP contribution < -0.4 is 4.74 Å². The van der Waals surface area contributed by atoms with Gasteiger partial charge in [0.05, 0.1) is 11.1 Å². The van der Waals surface area contributed by atoms with Gasteiger partial charge in [0.15, 0.2) is 5.82 Å². The topological polar surface area (TPSA) is 101 Å². The number of ether oxygens (including phenoxy) is 1. The van der Waals surface area contributed by atoms with Crippen LogP contribution in [0, 0.1) is 0 Å². The number of H-pyrrole nitrogens is 1. The van der Waals surface area contributed by atoms with Crippen molar-refractivity contribution in [2.75, 3.05) is 0 Å². The molecular formula is C16H10F3N3O4. The van der Waals surface area contributed by atoms with Crippen LogP contribution in [0.2, 0.25) is 0 Å². The van der Waals surface area contributed by atoms with Crippen LogP contribution in [-0.2, 0) is 6.18 Å². The molecule has 0 unspecified atom stereocenters. The molecule has 1 aromatic carbocycles. The summed E-state index contributed by atoms with van der Waals surface area (Å²) < 4.78 is 47.9. The van der Waals surface area contributed by atoms with E-state index in [0.717, 1.165) is 42.9 Å². The maximum Gasteiger partial charge on any atom is 0.416 e. The zero-order chi connectivity index (χ0) is 18.7. The summed E-state index contributed by atoms with van der Waals surface area (Å²) in [5, 5.41) is 15.8. The van der Waals surface area contributed by atoms with Crippen molar-refractivity contribution >= 4 is 11.5 Å². The molecule has 2 aromatic heterocycles. The van der Waals surface area contributed by atoms with E-state index in [-0.39, 0.29) is 23.1 Å². The summed E-state index contributed by atoms with van der Waals surface area (Å²) in [5.74, 6) is -1.03. The smallest absolute Gasteiger partial charge is 0.416 e. The molecule has 10 heteroatoms. The predicted molar refractivity (Wildman–Crippen MR) is 81.5 cm³/mol. The van der Waals surface area contributed by atoms with E-state index in [9.17, 15) is 23.1 Å².